The second kappa shape index (κ2) is 11.0. The molecule has 1 aromatic rings. The lowest BCUT2D eigenvalue weighted by atomic mass is 9.96. The summed E-state index contributed by atoms with van der Waals surface area (Å²) >= 11 is 0. The van der Waals surface area contributed by atoms with Crippen molar-refractivity contribution < 1.29 is 4.79 Å². The van der Waals surface area contributed by atoms with Gasteiger partial charge in [0, 0.05) is 56.9 Å². The maximum Gasteiger partial charge on any atom is 0.225 e. The number of nitrogens with zero attached hydrogens (tertiary/aromatic N) is 5. The van der Waals surface area contributed by atoms with E-state index in [4.69, 9.17) is 4.98 Å². The first kappa shape index (κ1) is 22.9. The summed E-state index contributed by atoms with van der Waals surface area (Å²) in [5.74, 6) is 2.60. The van der Waals surface area contributed by atoms with E-state index in [1.807, 2.05) is 6.20 Å². The second-order valence-corrected chi connectivity index (χ2v) is 10.7. The molecule has 0 radical (unpaired) electrons. The van der Waals surface area contributed by atoms with Gasteiger partial charge in [0.15, 0.2) is 0 Å². The predicted octanol–water partition coefficient (Wildman–Crippen LogP) is 3.91. The molecule has 0 spiro atoms. The number of carbonyl (C=O) groups is 1. The SMILES string of the molecule is O=C(C1CCCC1)N1CCC(N2CCC[C@H](Nc3nccc(N4CCCCCC4)n3)C2)CC1. The van der Waals surface area contributed by atoms with Crippen molar-refractivity contribution in [1.82, 2.24) is 19.8 Å². The van der Waals surface area contributed by atoms with Crippen molar-refractivity contribution in [1.29, 1.82) is 0 Å². The first-order valence-electron chi connectivity index (χ1n) is 13.6. The number of nitrogens with one attached hydrogen (secondary N) is 1. The summed E-state index contributed by atoms with van der Waals surface area (Å²) in [4.78, 5) is 29.5. The third-order valence-electron chi connectivity index (χ3n) is 8.35. The zero-order valence-corrected chi connectivity index (χ0v) is 20.3. The Morgan fingerprint density at radius 2 is 1.61 bits per heavy atom. The molecule has 1 aliphatic carbocycles. The first-order valence-corrected chi connectivity index (χ1v) is 13.6. The Balaban J connectivity index is 1.12. The lowest BCUT2D eigenvalue weighted by Crippen LogP contribution is -2.52. The van der Waals surface area contributed by atoms with Crippen LogP contribution in [0.15, 0.2) is 12.3 Å². The molecule has 1 amide bonds. The first-order chi connectivity index (χ1) is 16.3. The fourth-order valence-electron chi connectivity index (χ4n) is 6.42. The summed E-state index contributed by atoms with van der Waals surface area (Å²) in [5.41, 5.74) is 0. The smallest absolute Gasteiger partial charge is 0.225 e. The van der Waals surface area contributed by atoms with Crippen molar-refractivity contribution in [2.45, 2.75) is 89.1 Å². The molecule has 5 rings (SSSR count). The minimum Gasteiger partial charge on any atom is -0.356 e. The molecule has 0 aromatic carbocycles. The highest BCUT2D eigenvalue weighted by atomic mass is 16.2. The van der Waals surface area contributed by atoms with Gasteiger partial charge in [-0.3, -0.25) is 9.69 Å². The topological polar surface area (TPSA) is 64.6 Å². The van der Waals surface area contributed by atoms with Gasteiger partial charge in [-0.2, -0.15) is 4.98 Å². The Morgan fingerprint density at radius 3 is 2.36 bits per heavy atom. The molecular weight excluding hydrogens is 412 g/mol. The number of anilines is 2. The number of carbonyl (C=O) groups excluding carboxylic acids is 1. The molecule has 4 aliphatic rings. The molecule has 7 nitrogen and oxygen atoms in total. The van der Waals surface area contributed by atoms with Crippen LogP contribution in [0.2, 0.25) is 0 Å². The Labute approximate surface area is 199 Å². The van der Waals surface area contributed by atoms with Gasteiger partial charge in [-0.25, -0.2) is 4.98 Å². The zero-order chi connectivity index (χ0) is 22.5. The van der Waals surface area contributed by atoms with Crippen molar-refractivity contribution in [2.24, 2.45) is 5.92 Å². The summed E-state index contributed by atoms with van der Waals surface area (Å²) in [6.07, 6.45) is 16.4. The number of aromatic nitrogens is 2. The lowest BCUT2D eigenvalue weighted by Gasteiger charge is -2.42. The molecular formula is C26H42N6O. The Kier molecular flexibility index (Phi) is 7.64. The van der Waals surface area contributed by atoms with Crippen molar-refractivity contribution in [3.05, 3.63) is 12.3 Å². The van der Waals surface area contributed by atoms with Gasteiger partial charge < -0.3 is 15.1 Å². The van der Waals surface area contributed by atoms with E-state index < -0.39 is 0 Å². The molecule has 3 saturated heterocycles. The number of amides is 1. The van der Waals surface area contributed by atoms with Gasteiger partial charge in [-0.1, -0.05) is 25.7 Å². The van der Waals surface area contributed by atoms with Crippen molar-refractivity contribution >= 4 is 17.7 Å². The molecule has 0 bridgehead atoms. The molecule has 1 N–H and O–H groups in total. The molecule has 33 heavy (non-hydrogen) atoms. The summed E-state index contributed by atoms with van der Waals surface area (Å²) in [6, 6.07) is 3.06. The standard InChI is InChI=1S/C26H42N6O/c33-25(21-8-3-4-9-21)31-18-12-23(13-19-31)32-17-7-10-22(20-32)28-26-27-14-11-24(29-26)30-15-5-1-2-6-16-30/h11,14,21-23H,1-10,12-13,15-20H2,(H,27,28,29)/t22-/m0/s1. The van der Waals surface area contributed by atoms with Crippen molar-refractivity contribution in [3.63, 3.8) is 0 Å². The van der Waals surface area contributed by atoms with E-state index in [-0.39, 0.29) is 0 Å². The van der Waals surface area contributed by atoms with Crippen molar-refractivity contribution in [2.75, 3.05) is 49.5 Å². The van der Waals surface area contributed by atoms with E-state index in [2.05, 4.69) is 31.1 Å². The number of likely N-dealkylation sites (tertiary alicyclic amines) is 2. The highest BCUT2D eigenvalue weighted by Crippen LogP contribution is 2.29. The van der Waals surface area contributed by atoms with Crippen LogP contribution < -0.4 is 10.2 Å². The molecule has 1 atom stereocenters. The van der Waals surface area contributed by atoms with Gasteiger partial charge in [0.25, 0.3) is 0 Å². The summed E-state index contributed by atoms with van der Waals surface area (Å²) in [7, 11) is 0. The van der Waals surface area contributed by atoms with Crippen molar-refractivity contribution in [3.8, 4) is 0 Å². The van der Waals surface area contributed by atoms with Crippen LogP contribution in [0.4, 0.5) is 11.8 Å². The molecule has 182 valence electrons. The Hall–Kier alpha value is -1.89. The van der Waals surface area contributed by atoms with E-state index >= 15 is 0 Å². The van der Waals surface area contributed by atoms with Crippen LogP contribution in [0.3, 0.4) is 0 Å². The molecule has 0 unspecified atom stereocenters. The summed E-state index contributed by atoms with van der Waals surface area (Å²) < 4.78 is 0. The van der Waals surface area contributed by atoms with E-state index in [1.54, 1.807) is 0 Å². The van der Waals surface area contributed by atoms with Gasteiger partial charge in [-0.05, 0) is 64.0 Å². The third-order valence-corrected chi connectivity index (χ3v) is 8.35. The van der Waals surface area contributed by atoms with Gasteiger partial charge in [0.1, 0.15) is 5.82 Å². The number of piperidine rings is 2. The van der Waals surface area contributed by atoms with Crippen LogP contribution in [0.1, 0.15) is 77.0 Å². The molecule has 1 saturated carbocycles. The summed E-state index contributed by atoms with van der Waals surface area (Å²) in [6.45, 7) is 6.32. The minimum absolute atomic E-state index is 0.315. The van der Waals surface area contributed by atoms with E-state index in [0.717, 1.165) is 70.2 Å². The largest absolute Gasteiger partial charge is 0.356 e. The van der Waals surface area contributed by atoms with Crippen LogP contribution in [-0.2, 0) is 4.79 Å². The monoisotopic (exact) mass is 454 g/mol. The third kappa shape index (κ3) is 5.79. The average molecular weight is 455 g/mol. The fourth-order valence-corrected chi connectivity index (χ4v) is 6.42. The molecule has 4 fully saturated rings. The molecule has 7 heteroatoms. The van der Waals surface area contributed by atoms with E-state index in [0.29, 0.717) is 23.9 Å². The van der Waals surface area contributed by atoms with Gasteiger partial charge >= 0.3 is 0 Å². The summed E-state index contributed by atoms with van der Waals surface area (Å²) in [5, 5.41) is 3.65. The van der Waals surface area contributed by atoms with Gasteiger partial charge in [0.05, 0.1) is 0 Å². The fraction of sp³-hybridized carbons (Fsp3) is 0.808. The zero-order valence-electron chi connectivity index (χ0n) is 20.3. The van der Waals surface area contributed by atoms with E-state index in [9.17, 15) is 4.79 Å². The normalized spacial score (nSPS) is 26.4. The Bertz CT molecular complexity index is 766. The van der Waals surface area contributed by atoms with Crippen LogP contribution >= 0.6 is 0 Å². The van der Waals surface area contributed by atoms with Crippen LogP contribution in [-0.4, -0.2) is 77.0 Å². The Morgan fingerprint density at radius 1 is 0.848 bits per heavy atom. The van der Waals surface area contributed by atoms with Crippen LogP contribution in [0.5, 0.6) is 0 Å². The highest BCUT2D eigenvalue weighted by molar-refractivity contribution is 5.79. The van der Waals surface area contributed by atoms with Crippen LogP contribution in [0.25, 0.3) is 0 Å². The number of hydrogen-bond donors (Lipinski definition) is 1. The maximum atomic E-state index is 12.8. The van der Waals surface area contributed by atoms with Gasteiger partial charge in [-0.15, -0.1) is 0 Å². The predicted molar refractivity (Wildman–Crippen MR) is 132 cm³/mol. The minimum atomic E-state index is 0.315. The lowest BCUT2D eigenvalue weighted by molar-refractivity contribution is -0.137. The molecule has 3 aliphatic heterocycles. The number of hydrogen-bond acceptors (Lipinski definition) is 6. The average Bonchev–Trinajstić information content (AvgIpc) is 3.26. The maximum absolute atomic E-state index is 12.8. The molecule has 4 heterocycles. The van der Waals surface area contributed by atoms with Crippen LogP contribution in [0, 0.1) is 5.92 Å². The highest BCUT2D eigenvalue weighted by Gasteiger charge is 2.33. The molecule has 1 aromatic heterocycles. The van der Waals surface area contributed by atoms with Gasteiger partial charge in [0.2, 0.25) is 11.9 Å². The quantitative estimate of drug-likeness (QED) is 0.728. The van der Waals surface area contributed by atoms with E-state index in [1.165, 1.54) is 57.9 Å². The second-order valence-electron chi connectivity index (χ2n) is 10.7. The number of rotatable bonds is 5.